The number of hydrogen-bond acceptors (Lipinski definition) is 7. The van der Waals surface area contributed by atoms with Crippen LogP contribution in [0.15, 0.2) is 97.1 Å². The zero-order chi connectivity index (χ0) is 35.7. The lowest BCUT2D eigenvalue weighted by atomic mass is 9.88. The van der Waals surface area contributed by atoms with Crippen LogP contribution in [-0.4, -0.2) is 101 Å². The Morgan fingerprint density at radius 1 is 0.865 bits per heavy atom. The monoisotopic (exact) mass is 721 g/mol. The lowest BCUT2D eigenvalue weighted by Crippen LogP contribution is -2.75. The van der Waals surface area contributed by atoms with Gasteiger partial charge in [-0.05, 0) is 74.3 Å². The number of carbonyl (C=O) groups is 3. The van der Waals surface area contributed by atoms with Gasteiger partial charge in [0.1, 0.15) is 18.7 Å². The molecule has 3 amide bonds. The van der Waals surface area contributed by atoms with Gasteiger partial charge in [-0.3, -0.25) is 19.9 Å². The van der Waals surface area contributed by atoms with E-state index in [0.29, 0.717) is 11.7 Å². The van der Waals surface area contributed by atoms with E-state index in [1.54, 1.807) is 21.6 Å². The summed E-state index contributed by atoms with van der Waals surface area (Å²) >= 11 is 1.65. The van der Waals surface area contributed by atoms with Gasteiger partial charge in [0.15, 0.2) is 0 Å². The van der Waals surface area contributed by atoms with Crippen molar-refractivity contribution < 1.29 is 19.1 Å². The molecular formula is C42H51N5O4S. The van der Waals surface area contributed by atoms with E-state index >= 15 is 0 Å². The van der Waals surface area contributed by atoms with Crippen LogP contribution in [-0.2, 0) is 20.1 Å². The van der Waals surface area contributed by atoms with E-state index in [1.807, 2.05) is 91.0 Å². The van der Waals surface area contributed by atoms with Crippen LogP contribution >= 0.6 is 11.8 Å². The number of rotatable bonds is 14. The van der Waals surface area contributed by atoms with Crippen LogP contribution in [0, 0.1) is 5.92 Å². The Morgan fingerprint density at radius 3 is 2.25 bits per heavy atom. The normalized spacial score (nSPS) is 23.8. The van der Waals surface area contributed by atoms with Crippen LogP contribution in [0.25, 0.3) is 6.08 Å². The van der Waals surface area contributed by atoms with Gasteiger partial charge in [0.25, 0.3) is 5.91 Å². The molecule has 3 aromatic carbocycles. The number of likely N-dealkylation sites (tertiary alicyclic amines) is 2. The summed E-state index contributed by atoms with van der Waals surface area (Å²) in [5.41, 5.74) is 6.29. The number of carbonyl (C=O) groups excluding carboxylic acids is 3. The first-order valence-electron chi connectivity index (χ1n) is 19.0. The summed E-state index contributed by atoms with van der Waals surface area (Å²) in [4.78, 5) is 48.0. The molecule has 4 saturated heterocycles. The van der Waals surface area contributed by atoms with E-state index in [-0.39, 0.29) is 18.4 Å². The van der Waals surface area contributed by atoms with E-state index in [0.717, 1.165) is 48.4 Å². The minimum Gasteiger partial charge on any atom is -0.447 e. The van der Waals surface area contributed by atoms with Gasteiger partial charge in [0.05, 0.1) is 12.1 Å². The molecule has 9 nitrogen and oxygen atoms in total. The van der Waals surface area contributed by atoms with Gasteiger partial charge in [0, 0.05) is 24.6 Å². The lowest BCUT2D eigenvalue weighted by molar-refractivity contribution is -0.162. The van der Waals surface area contributed by atoms with Crippen molar-refractivity contribution in [3.05, 3.63) is 114 Å². The molecule has 0 bridgehead atoms. The van der Waals surface area contributed by atoms with Gasteiger partial charge in [-0.15, -0.1) is 0 Å². The average molecular weight is 722 g/mol. The maximum absolute atomic E-state index is 14.4. The molecule has 3 aromatic rings. The molecule has 0 spiro atoms. The molecule has 4 aliphatic rings. The second-order valence-electron chi connectivity index (χ2n) is 14.5. The van der Waals surface area contributed by atoms with Crippen LogP contribution in [0.5, 0.6) is 0 Å². The van der Waals surface area contributed by atoms with E-state index in [1.165, 1.54) is 45.3 Å². The fourth-order valence-electron chi connectivity index (χ4n) is 8.06. The highest BCUT2D eigenvalue weighted by atomic mass is 32.2. The largest absolute Gasteiger partial charge is 0.447 e. The van der Waals surface area contributed by atoms with Crippen molar-refractivity contribution in [1.82, 2.24) is 25.1 Å². The molecule has 7 rings (SSSR count). The molecule has 1 N–H and O–H groups in total. The highest BCUT2D eigenvalue weighted by Gasteiger charge is 2.58. The highest BCUT2D eigenvalue weighted by Crippen LogP contribution is 2.39. The first-order valence-corrected chi connectivity index (χ1v) is 20.2. The van der Waals surface area contributed by atoms with Crippen LogP contribution in [0.2, 0.25) is 0 Å². The Labute approximate surface area is 312 Å². The van der Waals surface area contributed by atoms with Gasteiger partial charge in [0.2, 0.25) is 5.91 Å². The summed E-state index contributed by atoms with van der Waals surface area (Å²) < 4.78 is 5.57. The summed E-state index contributed by atoms with van der Waals surface area (Å²) in [6.45, 7) is 5.39. The molecule has 10 heteroatoms. The molecule has 0 saturated carbocycles. The second kappa shape index (κ2) is 17.6. The van der Waals surface area contributed by atoms with E-state index in [4.69, 9.17) is 4.74 Å². The zero-order valence-electron chi connectivity index (χ0n) is 29.9. The summed E-state index contributed by atoms with van der Waals surface area (Å²) in [5.74, 6) is 1.39. The van der Waals surface area contributed by atoms with Crippen molar-refractivity contribution in [1.29, 1.82) is 0 Å². The van der Waals surface area contributed by atoms with E-state index in [9.17, 15) is 14.4 Å². The third-order valence-electron chi connectivity index (χ3n) is 11.0. The minimum atomic E-state index is -0.787. The fourth-order valence-corrected chi connectivity index (χ4v) is 9.14. The number of benzene rings is 3. The van der Waals surface area contributed by atoms with Crippen molar-refractivity contribution in [3.8, 4) is 0 Å². The van der Waals surface area contributed by atoms with Gasteiger partial charge >= 0.3 is 6.09 Å². The third-order valence-corrected chi connectivity index (χ3v) is 12.1. The third kappa shape index (κ3) is 8.73. The highest BCUT2D eigenvalue weighted by molar-refractivity contribution is 7.98. The SMILES string of the molecule is O=C(NN1CCC(CCN2CCCCC2)CC1)[C@@H](CSCc1ccccc1)N1C(=O)[C@@H](N2C(=O)OC[C@@H]2c2ccccc2)[C@H]1C=Cc1ccccc1. The van der Waals surface area contributed by atoms with Crippen LogP contribution in [0.3, 0.4) is 0 Å². The first-order chi connectivity index (χ1) is 25.5. The van der Waals surface area contributed by atoms with Crippen LogP contribution < -0.4 is 5.43 Å². The Kier molecular flexibility index (Phi) is 12.3. The smallest absolute Gasteiger partial charge is 0.411 e. The number of thioether (sulfide) groups is 1. The van der Waals surface area contributed by atoms with Crippen molar-refractivity contribution >= 4 is 35.7 Å². The molecule has 52 heavy (non-hydrogen) atoms. The maximum atomic E-state index is 14.4. The van der Waals surface area contributed by atoms with Gasteiger partial charge in [-0.1, -0.05) is 110 Å². The molecule has 0 radical (unpaired) electrons. The summed E-state index contributed by atoms with van der Waals surface area (Å²) in [6.07, 6.45) is 10.7. The Hall–Kier alpha value is -4.12. The number of cyclic esters (lactones) is 1. The molecule has 0 aliphatic carbocycles. The zero-order valence-corrected chi connectivity index (χ0v) is 30.7. The standard InChI is InChI=1S/C42H51N5O4S/c48-40(43-45-27-22-33(23-28-45)21-26-44-24-11-4-12-25-44)38(31-52-30-34-15-7-2-8-16-34)46-36(20-19-32-13-5-1-6-14-32)39(41(46)49)47-37(29-51-42(47)50)35-17-9-3-10-18-35/h1-3,5-10,13-20,33,36-39H,4,11-12,21-31H2,(H,43,48)/t36-,37-,38-,39+/m1/s1. The second-order valence-corrected chi connectivity index (χ2v) is 15.5. The number of amides is 3. The van der Waals surface area contributed by atoms with Gasteiger partial charge in [-0.25, -0.2) is 9.80 Å². The van der Waals surface area contributed by atoms with E-state index in [2.05, 4.69) is 27.5 Å². The van der Waals surface area contributed by atoms with Crippen molar-refractivity contribution in [2.24, 2.45) is 5.92 Å². The molecule has 0 aromatic heterocycles. The molecule has 4 heterocycles. The molecular weight excluding hydrogens is 671 g/mol. The van der Waals surface area contributed by atoms with E-state index < -0.39 is 30.3 Å². The fraction of sp³-hybridized carbons (Fsp3) is 0.452. The lowest BCUT2D eigenvalue weighted by Gasteiger charge is -2.52. The quantitative estimate of drug-likeness (QED) is 0.193. The average Bonchev–Trinajstić information content (AvgIpc) is 3.57. The maximum Gasteiger partial charge on any atom is 0.411 e. The number of hydrazine groups is 1. The summed E-state index contributed by atoms with van der Waals surface area (Å²) in [5, 5.41) is 2.05. The topological polar surface area (TPSA) is 85.4 Å². The summed E-state index contributed by atoms with van der Waals surface area (Å²) in [7, 11) is 0. The van der Waals surface area contributed by atoms with Gasteiger partial charge in [-0.2, -0.15) is 11.8 Å². The molecule has 0 unspecified atom stereocenters. The number of hydrogen-bond donors (Lipinski definition) is 1. The predicted octanol–water partition coefficient (Wildman–Crippen LogP) is 6.39. The first kappa shape index (κ1) is 36.2. The number of nitrogens with zero attached hydrogens (tertiary/aromatic N) is 4. The van der Waals surface area contributed by atoms with Crippen molar-refractivity contribution in [2.75, 3.05) is 45.1 Å². The van der Waals surface area contributed by atoms with Crippen LogP contribution in [0.4, 0.5) is 4.79 Å². The van der Waals surface area contributed by atoms with Crippen molar-refractivity contribution in [2.45, 2.75) is 68.4 Å². The van der Waals surface area contributed by atoms with Crippen LogP contribution in [0.1, 0.15) is 61.3 Å². The number of piperidine rings is 2. The predicted molar refractivity (Wildman–Crippen MR) is 206 cm³/mol. The number of ether oxygens (including phenoxy) is 1. The Balaban J connectivity index is 1.09. The van der Waals surface area contributed by atoms with Gasteiger partial charge < -0.3 is 14.5 Å². The molecule has 274 valence electrons. The molecule has 4 atom stereocenters. The Morgan fingerprint density at radius 2 is 1.54 bits per heavy atom. The number of nitrogens with one attached hydrogen (secondary N) is 1. The summed E-state index contributed by atoms with van der Waals surface area (Å²) in [6, 6.07) is 27.4. The number of β-lactam (4-membered cyclic amide) rings is 1. The minimum absolute atomic E-state index is 0.173. The molecule has 4 fully saturated rings. The molecule has 4 aliphatic heterocycles. The Bertz CT molecular complexity index is 1650. The van der Waals surface area contributed by atoms with Crippen molar-refractivity contribution in [3.63, 3.8) is 0 Å².